The fraction of sp³-hybridized carbons (Fsp3) is 0. The molecule has 4 heteroatoms. The Balaban J connectivity index is 1.47. The van der Waals surface area contributed by atoms with Gasteiger partial charge in [0.2, 0.25) is 5.89 Å². The summed E-state index contributed by atoms with van der Waals surface area (Å²) in [4.78, 5) is 5.10. The van der Waals surface area contributed by atoms with E-state index in [1.54, 1.807) is 11.3 Å². The molecule has 0 spiro atoms. The molecule has 0 aliphatic heterocycles. The minimum Gasteiger partial charge on any atom is -0.436 e. The molecule has 5 aromatic carbocycles. The number of nitrogens with zero attached hydrogens (tertiary/aromatic N) is 2. The second-order valence-electron chi connectivity index (χ2n) is 8.79. The average molecular weight is 467 g/mol. The van der Waals surface area contributed by atoms with Crippen LogP contribution in [-0.2, 0) is 0 Å². The second-order valence-corrected chi connectivity index (χ2v) is 9.87. The molecule has 35 heavy (non-hydrogen) atoms. The number of hydrogen-bond acceptors (Lipinski definition) is 3. The van der Waals surface area contributed by atoms with Gasteiger partial charge in [0.25, 0.3) is 0 Å². The van der Waals surface area contributed by atoms with Gasteiger partial charge >= 0.3 is 0 Å². The van der Waals surface area contributed by atoms with Crippen molar-refractivity contribution in [3.05, 3.63) is 109 Å². The molecule has 0 saturated heterocycles. The zero-order valence-corrected chi connectivity index (χ0v) is 19.4. The first kappa shape index (κ1) is 19.0. The highest BCUT2D eigenvalue weighted by Gasteiger charge is 2.20. The number of para-hydroxylation sites is 2. The molecule has 8 rings (SSSR count). The van der Waals surface area contributed by atoms with Crippen LogP contribution >= 0.6 is 11.3 Å². The van der Waals surface area contributed by atoms with Crippen LogP contribution in [0.1, 0.15) is 0 Å². The van der Waals surface area contributed by atoms with Crippen LogP contribution in [0.3, 0.4) is 0 Å². The topological polar surface area (TPSA) is 31.0 Å². The molecule has 8 aromatic rings. The van der Waals surface area contributed by atoms with Crippen LogP contribution in [0.4, 0.5) is 0 Å². The fourth-order valence-electron chi connectivity index (χ4n) is 5.37. The highest BCUT2D eigenvalue weighted by Crippen LogP contribution is 2.42. The molecule has 0 bridgehead atoms. The zero-order chi connectivity index (χ0) is 22.9. The van der Waals surface area contributed by atoms with E-state index >= 15 is 0 Å². The molecule has 0 saturated carbocycles. The van der Waals surface area contributed by atoms with Crippen molar-refractivity contribution in [2.24, 2.45) is 0 Å². The van der Waals surface area contributed by atoms with Crippen molar-refractivity contribution in [2.75, 3.05) is 0 Å². The predicted molar refractivity (Wildman–Crippen MR) is 147 cm³/mol. The molecule has 0 radical (unpaired) electrons. The SMILES string of the molecule is c1ccc(-n2c3ccccc3c3c(-c4nc5c(ccc6sc7ccccc7c65)o4)cccc32)cc1. The molecule has 0 aliphatic rings. The Morgan fingerprint density at radius 2 is 1.37 bits per heavy atom. The van der Waals surface area contributed by atoms with Gasteiger partial charge in [-0.25, -0.2) is 4.98 Å². The Morgan fingerprint density at radius 3 is 2.29 bits per heavy atom. The standard InChI is InChI=1S/C31H18N2OS/c1-2-9-19(10-3-1)33-23-14-6-4-11-20(23)28-22(13-8-15-24(28)33)31-32-30-25(34-31)17-18-27-29(30)21-12-5-7-16-26(21)35-27/h1-18H. The molecule has 3 nitrogen and oxygen atoms in total. The van der Waals surface area contributed by atoms with Crippen LogP contribution in [-0.4, -0.2) is 9.55 Å². The Bertz CT molecular complexity index is 2060. The summed E-state index contributed by atoms with van der Waals surface area (Å²) >= 11 is 1.80. The summed E-state index contributed by atoms with van der Waals surface area (Å²) in [6.07, 6.45) is 0. The number of fused-ring (bicyclic) bond motifs is 8. The number of aromatic nitrogens is 2. The van der Waals surface area contributed by atoms with Crippen molar-refractivity contribution >= 4 is 64.4 Å². The van der Waals surface area contributed by atoms with Gasteiger partial charge in [-0.3, -0.25) is 0 Å². The summed E-state index contributed by atoms with van der Waals surface area (Å²) in [6, 6.07) is 38.2. The minimum atomic E-state index is 0.657. The van der Waals surface area contributed by atoms with E-state index in [1.165, 1.54) is 31.1 Å². The average Bonchev–Trinajstić information content (AvgIpc) is 3.60. The van der Waals surface area contributed by atoms with E-state index in [4.69, 9.17) is 9.40 Å². The molecule has 0 unspecified atom stereocenters. The summed E-state index contributed by atoms with van der Waals surface area (Å²) in [6.45, 7) is 0. The van der Waals surface area contributed by atoms with E-state index in [0.29, 0.717) is 5.89 Å². The van der Waals surface area contributed by atoms with Gasteiger partial charge in [0, 0.05) is 42.2 Å². The van der Waals surface area contributed by atoms with E-state index in [0.717, 1.165) is 33.3 Å². The predicted octanol–water partition coefficient (Wildman–Crippen LogP) is 8.96. The molecule has 0 fully saturated rings. The number of rotatable bonds is 2. The molecule has 164 valence electrons. The van der Waals surface area contributed by atoms with Crippen molar-refractivity contribution < 1.29 is 4.42 Å². The molecule has 0 aliphatic carbocycles. The van der Waals surface area contributed by atoms with E-state index < -0.39 is 0 Å². The molecule has 3 heterocycles. The van der Waals surface area contributed by atoms with Gasteiger partial charge in [-0.05, 0) is 48.5 Å². The Labute approximate surface area is 204 Å². The maximum atomic E-state index is 6.44. The highest BCUT2D eigenvalue weighted by molar-refractivity contribution is 7.26. The molecular formula is C31H18N2OS. The quantitative estimate of drug-likeness (QED) is 0.255. The summed E-state index contributed by atoms with van der Waals surface area (Å²) in [7, 11) is 0. The van der Waals surface area contributed by atoms with Crippen molar-refractivity contribution in [1.29, 1.82) is 0 Å². The zero-order valence-electron chi connectivity index (χ0n) is 18.6. The van der Waals surface area contributed by atoms with E-state index in [-0.39, 0.29) is 0 Å². The third-order valence-electron chi connectivity index (χ3n) is 6.84. The minimum absolute atomic E-state index is 0.657. The lowest BCUT2D eigenvalue weighted by atomic mass is 10.1. The normalized spacial score (nSPS) is 12.0. The van der Waals surface area contributed by atoms with Crippen LogP contribution in [0.5, 0.6) is 0 Å². The maximum Gasteiger partial charge on any atom is 0.228 e. The largest absolute Gasteiger partial charge is 0.436 e. The van der Waals surface area contributed by atoms with Crippen LogP contribution in [0.25, 0.3) is 70.2 Å². The first-order chi connectivity index (χ1) is 17.4. The van der Waals surface area contributed by atoms with Crippen LogP contribution in [0, 0.1) is 0 Å². The van der Waals surface area contributed by atoms with Gasteiger partial charge < -0.3 is 8.98 Å². The van der Waals surface area contributed by atoms with Crippen molar-refractivity contribution in [3.63, 3.8) is 0 Å². The van der Waals surface area contributed by atoms with E-state index in [1.807, 2.05) is 0 Å². The van der Waals surface area contributed by atoms with Gasteiger partial charge in [-0.2, -0.15) is 0 Å². The first-order valence-electron chi connectivity index (χ1n) is 11.7. The summed E-state index contributed by atoms with van der Waals surface area (Å²) < 4.78 is 11.3. The summed E-state index contributed by atoms with van der Waals surface area (Å²) in [5, 5.41) is 4.76. The molecule has 0 atom stereocenters. The molecule has 0 amide bonds. The van der Waals surface area contributed by atoms with Crippen molar-refractivity contribution in [2.45, 2.75) is 0 Å². The molecule has 0 N–H and O–H groups in total. The second kappa shape index (κ2) is 7.05. The summed E-state index contributed by atoms with van der Waals surface area (Å²) in [5.41, 5.74) is 6.21. The number of hydrogen-bond donors (Lipinski definition) is 0. The Kier molecular flexibility index (Phi) is 3.82. The maximum absolute atomic E-state index is 6.44. The first-order valence-corrected chi connectivity index (χ1v) is 12.5. The van der Waals surface area contributed by atoms with Crippen LogP contribution in [0.15, 0.2) is 114 Å². The third-order valence-corrected chi connectivity index (χ3v) is 7.98. The lowest BCUT2D eigenvalue weighted by Gasteiger charge is -2.07. The van der Waals surface area contributed by atoms with Crippen LogP contribution in [0.2, 0.25) is 0 Å². The van der Waals surface area contributed by atoms with Gasteiger partial charge in [0.15, 0.2) is 5.58 Å². The van der Waals surface area contributed by atoms with Crippen molar-refractivity contribution in [1.82, 2.24) is 9.55 Å². The van der Waals surface area contributed by atoms with Gasteiger partial charge in [-0.1, -0.05) is 60.7 Å². The van der Waals surface area contributed by atoms with Gasteiger partial charge in [0.05, 0.1) is 11.0 Å². The number of benzene rings is 5. The Morgan fingerprint density at radius 1 is 0.600 bits per heavy atom. The third kappa shape index (κ3) is 2.63. The van der Waals surface area contributed by atoms with E-state index in [9.17, 15) is 0 Å². The smallest absolute Gasteiger partial charge is 0.228 e. The number of oxazole rings is 1. The number of thiophene rings is 1. The Hall–Kier alpha value is -4.41. The van der Waals surface area contributed by atoms with Gasteiger partial charge in [0.1, 0.15) is 5.52 Å². The van der Waals surface area contributed by atoms with Gasteiger partial charge in [-0.15, -0.1) is 11.3 Å². The molecule has 3 aromatic heterocycles. The monoisotopic (exact) mass is 466 g/mol. The summed E-state index contributed by atoms with van der Waals surface area (Å²) in [5.74, 6) is 0.657. The van der Waals surface area contributed by atoms with E-state index in [2.05, 4.69) is 114 Å². The lowest BCUT2D eigenvalue weighted by Crippen LogP contribution is -1.92. The highest BCUT2D eigenvalue weighted by atomic mass is 32.1. The molecular weight excluding hydrogens is 448 g/mol. The van der Waals surface area contributed by atoms with Crippen LogP contribution < -0.4 is 0 Å². The van der Waals surface area contributed by atoms with Crippen molar-refractivity contribution in [3.8, 4) is 17.1 Å². The lowest BCUT2D eigenvalue weighted by molar-refractivity contribution is 0.621. The fourth-order valence-corrected chi connectivity index (χ4v) is 6.48.